The highest BCUT2D eigenvalue weighted by atomic mass is 19.4. The molecule has 1 unspecified atom stereocenters. The number of hydrogen-bond donors (Lipinski definition) is 0. The molecule has 0 fully saturated rings. The van der Waals surface area contributed by atoms with Gasteiger partial charge in [-0.1, -0.05) is 69.7 Å². The summed E-state index contributed by atoms with van der Waals surface area (Å²) in [5.41, 5.74) is 1.45. The van der Waals surface area contributed by atoms with Crippen LogP contribution >= 0.6 is 0 Å². The molecule has 45 heavy (non-hydrogen) atoms. The summed E-state index contributed by atoms with van der Waals surface area (Å²) in [6.07, 6.45) is 0.684. The summed E-state index contributed by atoms with van der Waals surface area (Å²) in [7, 11) is 0. The van der Waals surface area contributed by atoms with Crippen LogP contribution in [0, 0.1) is 5.82 Å². The SMILES string of the molecule is CCCCCCCCCOc1ccc(-c2ccc(C(=O)Oc3ccc(C(=O)OC(CCOCC)C(F)(F)F)cc3F)cc2)cc1. The van der Waals surface area contributed by atoms with Crippen molar-refractivity contribution in [3.63, 3.8) is 0 Å². The van der Waals surface area contributed by atoms with Crippen LogP contribution in [0.3, 0.4) is 0 Å². The highest BCUT2D eigenvalue weighted by Gasteiger charge is 2.42. The van der Waals surface area contributed by atoms with Crippen molar-refractivity contribution in [1.82, 2.24) is 0 Å². The molecule has 0 saturated carbocycles. The maximum Gasteiger partial charge on any atom is 0.425 e. The fraction of sp³-hybridized carbons (Fsp3) is 0.429. The van der Waals surface area contributed by atoms with Gasteiger partial charge in [-0.3, -0.25) is 0 Å². The second-order valence-corrected chi connectivity index (χ2v) is 10.5. The summed E-state index contributed by atoms with van der Waals surface area (Å²) in [4.78, 5) is 24.9. The van der Waals surface area contributed by atoms with Gasteiger partial charge in [-0.25, -0.2) is 14.0 Å². The van der Waals surface area contributed by atoms with Crippen molar-refractivity contribution in [1.29, 1.82) is 0 Å². The zero-order valence-electron chi connectivity index (χ0n) is 25.7. The molecule has 0 heterocycles. The van der Waals surface area contributed by atoms with E-state index in [2.05, 4.69) is 11.7 Å². The highest BCUT2D eigenvalue weighted by Crippen LogP contribution is 2.28. The third-order valence-corrected chi connectivity index (χ3v) is 7.04. The molecule has 244 valence electrons. The predicted molar refractivity (Wildman–Crippen MR) is 163 cm³/mol. The Kier molecular flexibility index (Phi) is 14.3. The number of alkyl halides is 3. The summed E-state index contributed by atoms with van der Waals surface area (Å²) in [6, 6.07) is 16.8. The van der Waals surface area contributed by atoms with E-state index in [-0.39, 0.29) is 18.8 Å². The second kappa shape index (κ2) is 18.1. The normalized spacial score (nSPS) is 12.0. The molecular formula is C35H40F4O6. The van der Waals surface area contributed by atoms with Crippen molar-refractivity contribution < 1.29 is 46.1 Å². The molecule has 3 aromatic rings. The van der Waals surface area contributed by atoms with Gasteiger partial charge in [-0.05, 0) is 66.9 Å². The van der Waals surface area contributed by atoms with Crippen molar-refractivity contribution in [3.8, 4) is 22.6 Å². The fourth-order valence-electron chi connectivity index (χ4n) is 4.48. The summed E-state index contributed by atoms with van der Waals surface area (Å²) < 4.78 is 74.8. The lowest BCUT2D eigenvalue weighted by Gasteiger charge is -2.20. The topological polar surface area (TPSA) is 71.1 Å². The molecule has 3 rings (SSSR count). The van der Waals surface area contributed by atoms with E-state index in [1.54, 1.807) is 19.1 Å². The first-order valence-electron chi connectivity index (χ1n) is 15.3. The fourth-order valence-corrected chi connectivity index (χ4v) is 4.48. The Hall–Kier alpha value is -3.92. The molecule has 0 aliphatic carbocycles. The maximum atomic E-state index is 14.7. The van der Waals surface area contributed by atoms with Crippen LogP contribution in [0.2, 0.25) is 0 Å². The standard InChI is InChI=1S/C35H40F4O6/c1-3-5-6-7-8-9-10-22-43-29-18-15-26(16-19-29)25-11-13-27(14-12-25)33(40)44-31-20-17-28(24-30(31)36)34(41)45-32(35(37,38)39)21-23-42-4-2/h11-20,24,32H,3-10,21-23H2,1-2H3. The maximum absolute atomic E-state index is 14.7. The summed E-state index contributed by atoms with van der Waals surface area (Å²) >= 11 is 0. The number of halogens is 4. The van der Waals surface area contributed by atoms with E-state index < -0.39 is 47.8 Å². The Morgan fingerprint density at radius 3 is 1.93 bits per heavy atom. The lowest BCUT2D eigenvalue weighted by molar-refractivity contribution is -0.208. The minimum atomic E-state index is -4.82. The predicted octanol–water partition coefficient (Wildman–Crippen LogP) is 9.36. The minimum Gasteiger partial charge on any atom is -0.494 e. The molecule has 1 atom stereocenters. The molecule has 0 spiro atoms. The Bertz CT molecular complexity index is 1340. The van der Waals surface area contributed by atoms with Crippen LogP contribution in [0.5, 0.6) is 11.5 Å². The van der Waals surface area contributed by atoms with Crippen molar-refractivity contribution >= 4 is 11.9 Å². The number of benzene rings is 3. The van der Waals surface area contributed by atoms with E-state index in [0.717, 1.165) is 41.9 Å². The Labute approximate surface area is 261 Å². The van der Waals surface area contributed by atoms with Gasteiger partial charge in [0.15, 0.2) is 17.7 Å². The summed E-state index contributed by atoms with van der Waals surface area (Å²) in [6.45, 7) is 4.44. The zero-order valence-corrected chi connectivity index (χ0v) is 25.7. The van der Waals surface area contributed by atoms with Gasteiger partial charge in [0.1, 0.15) is 5.75 Å². The van der Waals surface area contributed by atoms with Crippen molar-refractivity contribution in [3.05, 3.63) is 83.7 Å². The number of unbranched alkanes of at least 4 members (excludes halogenated alkanes) is 6. The average Bonchev–Trinajstić information content (AvgIpc) is 3.02. The molecule has 0 saturated heterocycles. The van der Waals surface area contributed by atoms with Gasteiger partial charge >= 0.3 is 18.1 Å². The van der Waals surface area contributed by atoms with Crippen molar-refractivity contribution in [2.45, 2.75) is 77.5 Å². The van der Waals surface area contributed by atoms with Gasteiger partial charge in [0, 0.05) is 13.0 Å². The second-order valence-electron chi connectivity index (χ2n) is 10.5. The Morgan fingerprint density at radius 1 is 0.733 bits per heavy atom. The van der Waals surface area contributed by atoms with Crippen LogP contribution in [-0.4, -0.2) is 44.0 Å². The molecule has 0 bridgehead atoms. The number of carbonyl (C=O) groups excluding carboxylic acids is 2. The van der Waals surface area contributed by atoms with Crippen LogP contribution in [0.25, 0.3) is 11.1 Å². The molecule has 0 aliphatic heterocycles. The third kappa shape index (κ3) is 11.8. The average molecular weight is 633 g/mol. The first-order chi connectivity index (χ1) is 21.6. The van der Waals surface area contributed by atoms with Crippen LogP contribution < -0.4 is 9.47 Å². The van der Waals surface area contributed by atoms with E-state index in [1.807, 2.05) is 24.3 Å². The first-order valence-corrected chi connectivity index (χ1v) is 15.3. The molecule has 0 radical (unpaired) electrons. The van der Waals surface area contributed by atoms with Crippen LogP contribution in [-0.2, 0) is 9.47 Å². The molecule has 0 aliphatic rings. The monoisotopic (exact) mass is 632 g/mol. The number of carbonyl (C=O) groups is 2. The smallest absolute Gasteiger partial charge is 0.425 e. The van der Waals surface area contributed by atoms with E-state index in [4.69, 9.17) is 14.2 Å². The van der Waals surface area contributed by atoms with Crippen molar-refractivity contribution in [2.24, 2.45) is 0 Å². The Morgan fingerprint density at radius 2 is 1.33 bits per heavy atom. The molecule has 3 aromatic carbocycles. The van der Waals surface area contributed by atoms with Crippen LogP contribution in [0.1, 0.15) is 85.9 Å². The van der Waals surface area contributed by atoms with Gasteiger partial charge in [0.2, 0.25) is 0 Å². The Balaban J connectivity index is 1.52. The number of rotatable bonds is 18. The molecular weight excluding hydrogens is 592 g/mol. The van der Waals surface area contributed by atoms with Gasteiger partial charge < -0.3 is 18.9 Å². The molecule has 6 nitrogen and oxygen atoms in total. The van der Waals surface area contributed by atoms with E-state index in [1.165, 1.54) is 44.2 Å². The number of ether oxygens (including phenoxy) is 4. The third-order valence-electron chi connectivity index (χ3n) is 7.04. The van der Waals surface area contributed by atoms with E-state index >= 15 is 0 Å². The number of esters is 2. The molecule has 0 aromatic heterocycles. The molecule has 0 N–H and O–H groups in total. The minimum absolute atomic E-state index is 0.151. The first kappa shape index (κ1) is 35.6. The quantitative estimate of drug-likeness (QED) is 0.0602. The highest BCUT2D eigenvalue weighted by molar-refractivity contribution is 5.92. The molecule has 0 amide bonds. The van der Waals surface area contributed by atoms with Gasteiger partial charge in [0.05, 0.1) is 24.3 Å². The summed E-state index contributed by atoms with van der Waals surface area (Å²) in [5, 5.41) is 0. The van der Waals surface area contributed by atoms with Crippen molar-refractivity contribution in [2.75, 3.05) is 19.8 Å². The lowest BCUT2D eigenvalue weighted by atomic mass is 10.0. The lowest BCUT2D eigenvalue weighted by Crippen LogP contribution is -2.35. The summed E-state index contributed by atoms with van der Waals surface area (Å²) in [5.74, 6) is -3.03. The molecule has 10 heteroatoms. The van der Waals surface area contributed by atoms with Crippen LogP contribution in [0.4, 0.5) is 17.6 Å². The van der Waals surface area contributed by atoms with Gasteiger partial charge in [0.25, 0.3) is 0 Å². The largest absolute Gasteiger partial charge is 0.494 e. The number of hydrogen-bond acceptors (Lipinski definition) is 6. The van der Waals surface area contributed by atoms with E-state index in [9.17, 15) is 27.2 Å². The van der Waals surface area contributed by atoms with E-state index in [0.29, 0.717) is 12.7 Å². The van der Waals surface area contributed by atoms with Gasteiger partial charge in [-0.2, -0.15) is 13.2 Å². The zero-order chi connectivity index (χ0) is 32.7. The van der Waals surface area contributed by atoms with Crippen LogP contribution in [0.15, 0.2) is 66.7 Å². The van der Waals surface area contributed by atoms with Gasteiger partial charge in [-0.15, -0.1) is 0 Å².